The minimum atomic E-state index is -0.0670. The molecule has 4 rings (SSSR count). The summed E-state index contributed by atoms with van der Waals surface area (Å²) < 4.78 is 18.6. The van der Waals surface area contributed by atoms with Crippen molar-refractivity contribution in [3.05, 3.63) is 89.9 Å². The lowest BCUT2D eigenvalue weighted by Crippen LogP contribution is -2.23. The summed E-state index contributed by atoms with van der Waals surface area (Å²) in [7, 11) is 3.25. The third-order valence-electron chi connectivity index (χ3n) is 5.52. The predicted molar refractivity (Wildman–Crippen MR) is 132 cm³/mol. The van der Waals surface area contributed by atoms with Crippen LogP contribution in [0.4, 0.5) is 0 Å². The van der Waals surface area contributed by atoms with Crippen molar-refractivity contribution in [3.8, 4) is 28.8 Å². The number of hydrogen-bond acceptors (Lipinski definition) is 6. The number of methoxy groups -OCH3 is 2. The number of nitrogens with zero attached hydrogens (tertiary/aromatic N) is 3. The lowest BCUT2D eigenvalue weighted by Gasteiger charge is -2.12. The molecule has 8 heteroatoms. The van der Waals surface area contributed by atoms with E-state index in [1.54, 1.807) is 25.1 Å². The van der Waals surface area contributed by atoms with Crippen molar-refractivity contribution >= 4 is 5.91 Å². The van der Waals surface area contributed by atoms with E-state index in [1.807, 2.05) is 73.7 Å². The zero-order chi connectivity index (χ0) is 24.6. The zero-order valence-electron chi connectivity index (χ0n) is 20.0. The van der Waals surface area contributed by atoms with Gasteiger partial charge in [-0.15, -0.1) is 0 Å². The lowest BCUT2D eigenvalue weighted by atomic mass is 10.1. The highest BCUT2D eigenvalue weighted by atomic mass is 16.5. The van der Waals surface area contributed by atoms with E-state index in [4.69, 9.17) is 19.3 Å². The maximum Gasteiger partial charge on any atom is 0.226 e. The fourth-order valence-electron chi connectivity index (χ4n) is 3.60. The molecule has 0 saturated heterocycles. The number of aryl methyl sites for hydroxylation is 1. The van der Waals surface area contributed by atoms with Crippen LogP contribution in [0.25, 0.3) is 5.69 Å². The van der Waals surface area contributed by atoms with Gasteiger partial charge in [0.1, 0.15) is 17.2 Å². The summed E-state index contributed by atoms with van der Waals surface area (Å²) in [5.74, 6) is 2.63. The first-order valence-corrected chi connectivity index (χ1v) is 11.3. The second-order valence-electron chi connectivity index (χ2n) is 7.85. The maximum absolute atomic E-state index is 12.6. The molecule has 0 bridgehead atoms. The molecule has 8 nitrogen and oxygen atoms in total. The van der Waals surface area contributed by atoms with Crippen molar-refractivity contribution in [2.45, 2.75) is 26.3 Å². The van der Waals surface area contributed by atoms with E-state index in [2.05, 4.69) is 10.3 Å². The molecule has 0 radical (unpaired) electrons. The Bertz CT molecular complexity index is 1250. The van der Waals surface area contributed by atoms with Crippen LogP contribution >= 0.6 is 0 Å². The number of benzene rings is 2. The van der Waals surface area contributed by atoms with Crippen molar-refractivity contribution < 1.29 is 19.0 Å². The number of carbonyl (C=O) groups is 1. The molecule has 2 aromatic heterocycles. The molecule has 0 spiro atoms. The first-order chi connectivity index (χ1) is 17.1. The van der Waals surface area contributed by atoms with Gasteiger partial charge in [-0.05, 0) is 74.0 Å². The molecule has 0 aliphatic carbocycles. The van der Waals surface area contributed by atoms with Gasteiger partial charge < -0.3 is 19.5 Å². The van der Waals surface area contributed by atoms with Gasteiger partial charge in [0.15, 0.2) is 0 Å². The monoisotopic (exact) mass is 472 g/mol. The van der Waals surface area contributed by atoms with Crippen LogP contribution in [0.15, 0.2) is 72.9 Å². The maximum atomic E-state index is 12.6. The molecule has 180 valence electrons. The molecule has 1 N–H and O–H groups in total. The van der Waals surface area contributed by atoms with Gasteiger partial charge >= 0.3 is 0 Å². The summed E-state index contributed by atoms with van der Waals surface area (Å²) in [6.07, 6.45) is 2.48. The Kier molecular flexibility index (Phi) is 7.62. The van der Waals surface area contributed by atoms with Gasteiger partial charge in [-0.2, -0.15) is 5.10 Å². The summed E-state index contributed by atoms with van der Waals surface area (Å²) in [6, 6.07) is 20.5. The SMILES string of the molecule is COc1ccc(Oc2c(CCC(=O)NCc3ccccn3)c(C)nn2-c2ccc(OC)cc2)cc1. The van der Waals surface area contributed by atoms with Crippen LogP contribution in [0.2, 0.25) is 0 Å². The first kappa shape index (κ1) is 23.8. The lowest BCUT2D eigenvalue weighted by molar-refractivity contribution is -0.121. The molecule has 35 heavy (non-hydrogen) atoms. The Morgan fingerprint density at radius 1 is 0.914 bits per heavy atom. The fourth-order valence-corrected chi connectivity index (χ4v) is 3.60. The average Bonchev–Trinajstić information content (AvgIpc) is 3.21. The van der Waals surface area contributed by atoms with E-state index in [9.17, 15) is 4.79 Å². The molecule has 0 aliphatic heterocycles. The molecule has 4 aromatic rings. The summed E-state index contributed by atoms with van der Waals surface area (Å²) >= 11 is 0. The van der Waals surface area contributed by atoms with Gasteiger partial charge in [0.05, 0.1) is 37.8 Å². The number of carbonyl (C=O) groups excluding carboxylic acids is 1. The van der Waals surface area contributed by atoms with Crippen LogP contribution in [0.5, 0.6) is 23.1 Å². The van der Waals surface area contributed by atoms with Gasteiger partial charge in [0.25, 0.3) is 0 Å². The summed E-state index contributed by atoms with van der Waals surface area (Å²) in [5.41, 5.74) is 3.29. The third kappa shape index (κ3) is 5.97. The van der Waals surface area contributed by atoms with Crippen molar-refractivity contribution in [2.75, 3.05) is 14.2 Å². The van der Waals surface area contributed by atoms with Gasteiger partial charge in [-0.1, -0.05) is 6.07 Å². The average molecular weight is 473 g/mol. The minimum Gasteiger partial charge on any atom is -0.497 e. The van der Waals surface area contributed by atoms with Crippen molar-refractivity contribution in [2.24, 2.45) is 0 Å². The Hall–Kier alpha value is -4.33. The summed E-state index contributed by atoms with van der Waals surface area (Å²) in [6.45, 7) is 2.31. The van der Waals surface area contributed by atoms with Crippen LogP contribution in [-0.2, 0) is 17.8 Å². The Balaban J connectivity index is 1.56. The number of nitrogens with one attached hydrogen (secondary N) is 1. The number of ether oxygens (including phenoxy) is 3. The Labute approximate surface area is 204 Å². The first-order valence-electron chi connectivity index (χ1n) is 11.3. The number of rotatable bonds is 10. The van der Waals surface area contributed by atoms with Gasteiger partial charge in [0.2, 0.25) is 11.8 Å². The third-order valence-corrected chi connectivity index (χ3v) is 5.52. The van der Waals surface area contributed by atoms with Crippen LogP contribution in [0.3, 0.4) is 0 Å². The molecular weight excluding hydrogens is 444 g/mol. The zero-order valence-corrected chi connectivity index (χ0v) is 20.0. The fraction of sp³-hybridized carbons (Fsp3) is 0.222. The summed E-state index contributed by atoms with van der Waals surface area (Å²) in [5, 5.41) is 7.65. The molecule has 0 aliphatic rings. The Morgan fingerprint density at radius 3 is 2.20 bits per heavy atom. The topological polar surface area (TPSA) is 87.5 Å². The van der Waals surface area contributed by atoms with Crippen molar-refractivity contribution in [1.82, 2.24) is 20.1 Å². The van der Waals surface area contributed by atoms with Crippen LogP contribution < -0.4 is 19.5 Å². The number of pyridine rings is 1. The minimum absolute atomic E-state index is 0.0670. The molecule has 0 fully saturated rings. The smallest absolute Gasteiger partial charge is 0.226 e. The molecular formula is C27H28N4O4. The number of amides is 1. The van der Waals surface area contributed by atoms with Gasteiger partial charge in [-0.25, -0.2) is 4.68 Å². The van der Waals surface area contributed by atoms with E-state index in [0.717, 1.165) is 34.1 Å². The highest BCUT2D eigenvalue weighted by molar-refractivity contribution is 5.76. The quantitative estimate of drug-likeness (QED) is 0.362. The van der Waals surface area contributed by atoms with E-state index in [1.165, 1.54) is 0 Å². The van der Waals surface area contributed by atoms with Crippen LogP contribution in [-0.4, -0.2) is 34.9 Å². The standard InChI is InChI=1S/C27H28N4O4/c1-19-25(15-16-26(32)29-18-20-6-4-5-17-28-20)27(35-24-13-11-23(34-3)12-14-24)31(30-19)21-7-9-22(33-2)10-8-21/h4-14,17H,15-16,18H2,1-3H3,(H,29,32). The predicted octanol–water partition coefficient (Wildman–Crippen LogP) is 4.63. The molecule has 1 amide bonds. The molecule has 2 heterocycles. The van der Waals surface area contributed by atoms with E-state index in [0.29, 0.717) is 31.0 Å². The number of hydrogen-bond donors (Lipinski definition) is 1. The second kappa shape index (κ2) is 11.2. The second-order valence-corrected chi connectivity index (χ2v) is 7.85. The van der Waals surface area contributed by atoms with E-state index < -0.39 is 0 Å². The van der Waals surface area contributed by atoms with Crippen molar-refractivity contribution in [3.63, 3.8) is 0 Å². The highest BCUT2D eigenvalue weighted by Gasteiger charge is 2.20. The van der Waals surface area contributed by atoms with E-state index >= 15 is 0 Å². The molecule has 0 saturated carbocycles. The van der Waals surface area contributed by atoms with Crippen LogP contribution in [0, 0.1) is 6.92 Å². The molecule has 0 atom stereocenters. The number of aromatic nitrogens is 3. The van der Waals surface area contributed by atoms with Crippen molar-refractivity contribution in [1.29, 1.82) is 0 Å². The van der Waals surface area contributed by atoms with E-state index in [-0.39, 0.29) is 5.91 Å². The Morgan fingerprint density at radius 2 is 1.57 bits per heavy atom. The van der Waals surface area contributed by atoms with Gasteiger partial charge in [-0.3, -0.25) is 9.78 Å². The largest absolute Gasteiger partial charge is 0.497 e. The van der Waals surface area contributed by atoms with Gasteiger partial charge in [0, 0.05) is 18.2 Å². The highest BCUT2D eigenvalue weighted by Crippen LogP contribution is 2.32. The summed E-state index contributed by atoms with van der Waals surface area (Å²) in [4.78, 5) is 16.8. The normalized spacial score (nSPS) is 10.6. The molecule has 0 unspecified atom stereocenters. The van der Waals surface area contributed by atoms with Crippen LogP contribution in [0.1, 0.15) is 23.4 Å². The molecule has 2 aromatic carbocycles.